The molecule has 7 heteroatoms. The average molecular weight is 332 g/mol. The van der Waals surface area contributed by atoms with Gasteiger partial charge in [-0.05, 0) is 23.8 Å². The predicted molar refractivity (Wildman–Crippen MR) is 94.1 cm³/mol. The molecule has 0 saturated carbocycles. The van der Waals surface area contributed by atoms with Crippen molar-refractivity contribution < 1.29 is 4.79 Å². The number of rotatable bonds is 6. The SMILES string of the molecule is C#CCNC(=O)c1ccc(NCc2ccc(-n3ccnc3)nc2)nc1. The number of carbonyl (C=O) groups excluding carboxylic acids is 1. The third-order valence-electron chi connectivity index (χ3n) is 3.43. The zero-order chi connectivity index (χ0) is 17.5. The lowest BCUT2D eigenvalue weighted by Gasteiger charge is -2.07. The van der Waals surface area contributed by atoms with Gasteiger partial charge in [-0.2, -0.15) is 0 Å². The highest BCUT2D eigenvalue weighted by Crippen LogP contribution is 2.09. The first-order chi connectivity index (χ1) is 12.3. The molecule has 1 amide bonds. The molecule has 124 valence electrons. The maximum atomic E-state index is 11.7. The Balaban J connectivity index is 1.56. The third-order valence-corrected chi connectivity index (χ3v) is 3.43. The normalized spacial score (nSPS) is 10.0. The molecule has 0 bridgehead atoms. The number of anilines is 1. The minimum absolute atomic E-state index is 0.195. The molecule has 0 aliphatic rings. The van der Waals surface area contributed by atoms with Crippen molar-refractivity contribution in [1.29, 1.82) is 0 Å². The minimum Gasteiger partial charge on any atom is -0.366 e. The van der Waals surface area contributed by atoms with Crippen LogP contribution < -0.4 is 10.6 Å². The van der Waals surface area contributed by atoms with Crippen molar-refractivity contribution in [2.24, 2.45) is 0 Å². The van der Waals surface area contributed by atoms with Gasteiger partial charge in [-0.1, -0.05) is 12.0 Å². The Bertz CT molecular complexity index is 863. The van der Waals surface area contributed by atoms with Crippen molar-refractivity contribution >= 4 is 11.7 Å². The van der Waals surface area contributed by atoms with Crippen molar-refractivity contribution in [2.45, 2.75) is 6.54 Å². The molecule has 3 aromatic heterocycles. The van der Waals surface area contributed by atoms with E-state index >= 15 is 0 Å². The van der Waals surface area contributed by atoms with Crippen LogP contribution in [0.15, 0.2) is 55.4 Å². The van der Waals surface area contributed by atoms with Crippen LogP contribution in [-0.2, 0) is 6.54 Å². The monoisotopic (exact) mass is 332 g/mol. The molecule has 0 saturated heterocycles. The molecule has 0 unspecified atom stereocenters. The first-order valence-electron chi connectivity index (χ1n) is 7.61. The van der Waals surface area contributed by atoms with E-state index in [1.807, 2.05) is 22.9 Å². The van der Waals surface area contributed by atoms with Crippen LogP contribution in [0, 0.1) is 12.3 Å². The number of terminal acetylenes is 1. The van der Waals surface area contributed by atoms with E-state index < -0.39 is 0 Å². The van der Waals surface area contributed by atoms with Gasteiger partial charge in [-0.15, -0.1) is 6.42 Å². The van der Waals surface area contributed by atoms with Crippen molar-refractivity contribution in [3.8, 4) is 18.2 Å². The smallest absolute Gasteiger partial charge is 0.253 e. The molecule has 0 fully saturated rings. The Morgan fingerprint density at radius 3 is 2.76 bits per heavy atom. The van der Waals surface area contributed by atoms with Crippen LogP contribution in [-0.4, -0.2) is 32.0 Å². The summed E-state index contributed by atoms with van der Waals surface area (Å²) in [5, 5.41) is 5.78. The number of hydrogen-bond acceptors (Lipinski definition) is 5. The first-order valence-corrected chi connectivity index (χ1v) is 7.61. The van der Waals surface area contributed by atoms with Crippen molar-refractivity contribution in [2.75, 3.05) is 11.9 Å². The minimum atomic E-state index is -0.240. The van der Waals surface area contributed by atoms with E-state index in [0.29, 0.717) is 17.9 Å². The maximum Gasteiger partial charge on any atom is 0.253 e. The van der Waals surface area contributed by atoms with E-state index in [-0.39, 0.29) is 12.5 Å². The lowest BCUT2D eigenvalue weighted by Crippen LogP contribution is -2.23. The number of pyridine rings is 2. The zero-order valence-corrected chi connectivity index (χ0v) is 13.4. The second-order valence-corrected chi connectivity index (χ2v) is 5.17. The standard InChI is InChI=1S/C18H16N6O/c1-2-7-20-18(25)15-4-5-16(22-12-15)21-10-14-3-6-17(23-11-14)24-9-8-19-13-24/h1,3-6,8-9,11-13H,7,10H2,(H,20,25)(H,21,22). The average Bonchev–Trinajstić information content (AvgIpc) is 3.20. The molecule has 0 aromatic carbocycles. The number of imidazole rings is 1. The molecule has 7 nitrogen and oxygen atoms in total. The van der Waals surface area contributed by atoms with Gasteiger partial charge in [0.05, 0.1) is 12.1 Å². The number of nitrogens with zero attached hydrogens (tertiary/aromatic N) is 4. The molecule has 0 atom stereocenters. The lowest BCUT2D eigenvalue weighted by atomic mass is 10.2. The molecule has 0 radical (unpaired) electrons. The molecule has 0 spiro atoms. The van der Waals surface area contributed by atoms with Crippen molar-refractivity contribution in [3.63, 3.8) is 0 Å². The molecule has 25 heavy (non-hydrogen) atoms. The van der Waals surface area contributed by atoms with Gasteiger partial charge in [-0.3, -0.25) is 9.36 Å². The summed E-state index contributed by atoms with van der Waals surface area (Å²) in [5.74, 6) is 3.60. The van der Waals surface area contributed by atoms with Crippen LogP contribution >= 0.6 is 0 Å². The van der Waals surface area contributed by atoms with E-state index in [1.165, 1.54) is 6.20 Å². The second-order valence-electron chi connectivity index (χ2n) is 5.17. The Hall–Kier alpha value is -3.66. The fourth-order valence-electron chi connectivity index (χ4n) is 2.13. The third kappa shape index (κ3) is 4.20. The van der Waals surface area contributed by atoms with E-state index in [9.17, 15) is 4.79 Å². The fraction of sp³-hybridized carbons (Fsp3) is 0.111. The van der Waals surface area contributed by atoms with Crippen molar-refractivity contribution in [3.05, 3.63) is 66.5 Å². The largest absolute Gasteiger partial charge is 0.366 e. The molecule has 2 N–H and O–H groups in total. The van der Waals surface area contributed by atoms with E-state index in [0.717, 1.165) is 11.4 Å². The van der Waals surface area contributed by atoms with E-state index in [1.54, 1.807) is 30.9 Å². The maximum absolute atomic E-state index is 11.7. The number of amides is 1. The first kappa shape index (κ1) is 16.2. The molecule has 3 heterocycles. The summed E-state index contributed by atoms with van der Waals surface area (Å²) in [5.41, 5.74) is 1.48. The number of aromatic nitrogens is 4. The van der Waals surface area contributed by atoms with Gasteiger partial charge in [-0.25, -0.2) is 15.0 Å². The van der Waals surface area contributed by atoms with Crippen molar-refractivity contribution in [1.82, 2.24) is 24.8 Å². The highest BCUT2D eigenvalue weighted by molar-refractivity contribution is 5.94. The van der Waals surface area contributed by atoms with E-state index in [2.05, 4.69) is 31.5 Å². The van der Waals surface area contributed by atoms with Crippen LogP contribution in [0.25, 0.3) is 5.82 Å². The summed E-state index contributed by atoms with van der Waals surface area (Å²) in [6.45, 7) is 0.772. The fourth-order valence-corrected chi connectivity index (χ4v) is 2.13. The summed E-state index contributed by atoms with van der Waals surface area (Å²) in [6, 6.07) is 7.35. The van der Waals surface area contributed by atoms with Gasteiger partial charge in [0.15, 0.2) is 0 Å². The summed E-state index contributed by atoms with van der Waals surface area (Å²) in [7, 11) is 0. The quantitative estimate of drug-likeness (QED) is 0.670. The zero-order valence-electron chi connectivity index (χ0n) is 13.4. The topological polar surface area (TPSA) is 84.7 Å². The lowest BCUT2D eigenvalue weighted by molar-refractivity contribution is 0.0958. The Morgan fingerprint density at radius 1 is 1.20 bits per heavy atom. The van der Waals surface area contributed by atoms with Gasteiger partial charge < -0.3 is 10.6 Å². The summed E-state index contributed by atoms with van der Waals surface area (Å²) < 4.78 is 1.84. The highest BCUT2D eigenvalue weighted by Gasteiger charge is 2.05. The summed E-state index contributed by atoms with van der Waals surface area (Å²) in [4.78, 5) is 24.4. The highest BCUT2D eigenvalue weighted by atomic mass is 16.1. The molecule has 0 aliphatic carbocycles. The van der Waals surface area contributed by atoms with Gasteiger partial charge in [0.25, 0.3) is 5.91 Å². The van der Waals surface area contributed by atoms with Crippen LogP contribution in [0.1, 0.15) is 15.9 Å². The molecular weight excluding hydrogens is 316 g/mol. The molecular formula is C18H16N6O. The number of carbonyl (C=O) groups is 1. The summed E-state index contributed by atoms with van der Waals surface area (Å²) >= 11 is 0. The Kier molecular flexibility index (Phi) is 5.02. The van der Waals surface area contributed by atoms with Crippen LogP contribution in [0.2, 0.25) is 0 Å². The van der Waals surface area contributed by atoms with Gasteiger partial charge in [0.1, 0.15) is 18.0 Å². The summed E-state index contributed by atoms with van der Waals surface area (Å²) in [6.07, 6.45) is 13.7. The predicted octanol–water partition coefficient (Wildman–Crippen LogP) is 1.64. The molecule has 0 aliphatic heterocycles. The Labute approximate surface area is 145 Å². The number of nitrogens with one attached hydrogen (secondary N) is 2. The number of hydrogen-bond donors (Lipinski definition) is 2. The van der Waals surface area contributed by atoms with Crippen LogP contribution in [0.4, 0.5) is 5.82 Å². The van der Waals surface area contributed by atoms with Gasteiger partial charge in [0, 0.05) is 31.3 Å². The van der Waals surface area contributed by atoms with Crippen LogP contribution in [0.3, 0.4) is 0 Å². The molecule has 3 rings (SSSR count). The van der Waals surface area contributed by atoms with Crippen LogP contribution in [0.5, 0.6) is 0 Å². The second kappa shape index (κ2) is 7.75. The van der Waals surface area contributed by atoms with E-state index in [4.69, 9.17) is 6.42 Å². The van der Waals surface area contributed by atoms with Gasteiger partial charge in [0.2, 0.25) is 0 Å². The van der Waals surface area contributed by atoms with Gasteiger partial charge >= 0.3 is 0 Å². The Morgan fingerprint density at radius 2 is 2.12 bits per heavy atom. The molecule has 3 aromatic rings.